The van der Waals surface area contributed by atoms with E-state index in [9.17, 15) is 0 Å². The van der Waals surface area contributed by atoms with Crippen molar-refractivity contribution in [3.8, 4) is 0 Å². The van der Waals surface area contributed by atoms with Gasteiger partial charge in [-0.05, 0) is 18.6 Å². The largest absolute Gasteiger partial charge is 0.375 e. The molecule has 0 aliphatic rings. The Morgan fingerprint density at radius 2 is 2.06 bits per heavy atom. The molecule has 0 atom stereocenters. The number of aromatic nitrogens is 1. The summed E-state index contributed by atoms with van der Waals surface area (Å²) in [5.74, 6) is 0. The van der Waals surface area contributed by atoms with Crippen LogP contribution in [0.4, 0.5) is 10.8 Å². The lowest BCUT2D eigenvalue weighted by Gasteiger charge is -2.23. The van der Waals surface area contributed by atoms with E-state index in [1.165, 1.54) is 29.9 Å². The molecule has 2 N–H and O–H groups in total. The molecule has 0 unspecified atom stereocenters. The summed E-state index contributed by atoms with van der Waals surface area (Å²) in [6.45, 7) is 4.10. The lowest BCUT2D eigenvalue weighted by atomic mass is 10.2. The van der Waals surface area contributed by atoms with Crippen LogP contribution in [-0.4, -0.2) is 11.5 Å². The van der Waals surface area contributed by atoms with Crippen molar-refractivity contribution in [1.29, 1.82) is 0 Å². The molecule has 0 saturated heterocycles. The maximum Gasteiger partial charge on any atom is 0.180 e. The van der Waals surface area contributed by atoms with E-state index in [1.54, 1.807) is 0 Å². The number of rotatable bonds is 6. The Kier molecular flexibility index (Phi) is 4.59. The highest BCUT2D eigenvalue weighted by Crippen LogP contribution is 2.19. The predicted octanol–water partition coefficient (Wildman–Crippen LogP) is 3.53. The number of para-hydroxylation sites is 1. The minimum atomic E-state index is 0.647. The van der Waals surface area contributed by atoms with Crippen LogP contribution in [0.3, 0.4) is 0 Å². The van der Waals surface area contributed by atoms with E-state index in [1.807, 2.05) is 11.4 Å². The molecule has 4 heteroatoms. The Hall–Kier alpha value is -1.55. The monoisotopic (exact) mass is 261 g/mol. The van der Waals surface area contributed by atoms with Crippen molar-refractivity contribution in [3.05, 3.63) is 41.4 Å². The van der Waals surface area contributed by atoms with Crippen molar-refractivity contribution < 1.29 is 0 Å². The Morgan fingerprint density at radius 3 is 2.67 bits per heavy atom. The number of benzene rings is 1. The standard InChI is InChI=1S/C14H19N3S/c1-2-3-9-17(13-7-5-4-6-8-13)10-12-11-18-14(15)16-12/h4-8,11H,2-3,9-10H2,1H3,(H2,15,16). The van der Waals surface area contributed by atoms with Crippen LogP contribution in [0.2, 0.25) is 0 Å². The zero-order chi connectivity index (χ0) is 12.8. The predicted molar refractivity (Wildman–Crippen MR) is 78.9 cm³/mol. The highest BCUT2D eigenvalue weighted by molar-refractivity contribution is 7.13. The van der Waals surface area contributed by atoms with Gasteiger partial charge in [0.15, 0.2) is 5.13 Å². The molecule has 2 aromatic rings. The molecule has 18 heavy (non-hydrogen) atoms. The lowest BCUT2D eigenvalue weighted by molar-refractivity contribution is 0.710. The molecule has 0 aliphatic heterocycles. The molecule has 0 spiro atoms. The normalized spacial score (nSPS) is 10.5. The SMILES string of the molecule is CCCCN(Cc1csc(N)n1)c1ccccc1. The Morgan fingerprint density at radius 1 is 1.28 bits per heavy atom. The number of nitrogens with zero attached hydrogens (tertiary/aromatic N) is 2. The molecular formula is C14H19N3S. The molecule has 96 valence electrons. The van der Waals surface area contributed by atoms with Gasteiger partial charge in [0.1, 0.15) is 0 Å². The molecule has 0 bridgehead atoms. The molecule has 2 rings (SSSR count). The lowest BCUT2D eigenvalue weighted by Crippen LogP contribution is -2.23. The van der Waals surface area contributed by atoms with Crippen LogP contribution in [-0.2, 0) is 6.54 Å². The third kappa shape index (κ3) is 3.47. The van der Waals surface area contributed by atoms with E-state index in [4.69, 9.17) is 5.73 Å². The topological polar surface area (TPSA) is 42.1 Å². The number of thiazole rings is 1. The third-order valence-corrected chi connectivity index (χ3v) is 3.55. The number of nitrogen functional groups attached to an aromatic ring is 1. The molecule has 3 nitrogen and oxygen atoms in total. The maximum absolute atomic E-state index is 5.68. The van der Waals surface area contributed by atoms with Crippen LogP contribution >= 0.6 is 11.3 Å². The number of nitrogens with two attached hydrogens (primary N) is 1. The van der Waals surface area contributed by atoms with Gasteiger partial charge in [-0.15, -0.1) is 11.3 Å². The molecule has 0 saturated carbocycles. The summed E-state index contributed by atoms with van der Waals surface area (Å²) in [4.78, 5) is 6.70. The number of anilines is 2. The maximum atomic E-state index is 5.68. The first-order valence-corrected chi connectivity index (χ1v) is 7.17. The molecule has 0 fully saturated rings. The summed E-state index contributed by atoms with van der Waals surface area (Å²) < 4.78 is 0. The second kappa shape index (κ2) is 6.40. The van der Waals surface area contributed by atoms with Crippen LogP contribution in [0.25, 0.3) is 0 Å². The zero-order valence-electron chi connectivity index (χ0n) is 10.7. The van der Waals surface area contributed by atoms with E-state index < -0.39 is 0 Å². The van der Waals surface area contributed by atoms with Gasteiger partial charge in [-0.2, -0.15) is 0 Å². The Balaban J connectivity index is 2.10. The minimum absolute atomic E-state index is 0.647. The van der Waals surface area contributed by atoms with E-state index in [0.29, 0.717) is 5.13 Å². The zero-order valence-corrected chi connectivity index (χ0v) is 11.5. The van der Waals surface area contributed by atoms with E-state index >= 15 is 0 Å². The molecule has 1 heterocycles. The van der Waals surface area contributed by atoms with Gasteiger partial charge >= 0.3 is 0 Å². The van der Waals surface area contributed by atoms with Crippen molar-refractivity contribution in [1.82, 2.24) is 4.98 Å². The quantitative estimate of drug-likeness (QED) is 0.865. The summed E-state index contributed by atoms with van der Waals surface area (Å²) in [5.41, 5.74) is 7.98. The van der Waals surface area contributed by atoms with E-state index in [-0.39, 0.29) is 0 Å². The summed E-state index contributed by atoms with van der Waals surface area (Å²) in [6, 6.07) is 10.5. The first-order chi connectivity index (χ1) is 8.79. The number of hydrogen-bond acceptors (Lipinski definition) is 4. The highest BCUT2D eigenvalue weighted by Gasteiger charge is 2.08. The Bertz CT molecular complexity index is 467. The number of hydrogen-bond donors (Lipinski definition) is 1. The fourth-order valence-corrected chi connectivity index (χ4v) is 2.43. The van der Waals surface area contributed by atoms with Crippen LogP contribution in [0.1, 0.15) is 25.5 Å². The third-order valence-electron chi connectivity index (χ3n) is 2.83. The number of unbranched alkanes of at least 4 members (excludes halogenated alkanes) is 1. The molecule has 0 radical (unpaired) electrons. The summed E-state index contributed by atoms with van der Waals surface area (Å²) >= 11 is 1.51. The van der Waals surface area contributed by atoms with E-state index in [0.717, 1.165) is 18.8 Å². The van der Waals surface area contributed by atoms with Gasteiger partial charge in [-0.3, -0.25) is 0 Å². The second-order valence-corrected chi connectivity index (χ2v) is 5.18. The molecule has 1 aromatic carbocycles. The first kappa shape index (κ1) is 12.9. The van der Waals surface area contributed by atoms with Crippen LogP contribution in [0, 0.1) is 0 Å². The molecule has 1 aromatic heterocycles. The second-order valence-electron chi connectivity index (χ2n) is 4.29. The van der Waals surface area contributed by atoms with Crippen molar-refractivity contribution in [2.45, 2.75) is 26.3 Å². The van der Waals surface area contributed by atoms with Crippen molar-refractivity contribution in [2.75, 3.05) is 17.2 Å². The van der Waals surface area contributed by atoms with Gasteiger partial charge in [-0.1, -0.05) is 31.5 Å². The smallest absolute Gasteiger partial charge is 0.180 e. The minimum Gasteiger partial charge on any atom is -0.375 e. The van der Waals surface area contributed by atoms with Crippen molar-refractivity contribution in [2.24, 2.45) is 0 Å². The summed E-state index contributed by atoms with van der Waals surface area (Å²) in [7, 11) is 0. The van der Waals surface area contributed by atoms with Crippen LogP contribution in [0.5, 0.6) is 0 Å². The van der Waals surface area contributed by atoms with Crippen molar-refractivity contribution in [3.63, 3.8) is 0 Å². The van der Waals surface area contributed by atoms with Gasteiger partial charge in [-0.25, -0.2) is 4.98 Å². The average Bonchev–Trinajstić information content (AvgIpc) is 2.81. The fourth-order valence-electron chi connectivity index (χ4n) is 1.88. The van der Waals surface area contributed by atoms with Gasteiger partial charge < -0.3 is 10.6 Å². The van der Waals surface area contributed by atoms with E-state index in [2.05, 4.69) is 41.1 Å². The Labute approximate surface area is 112 Å². The molecule has 0 amide bonds. The molecular weight excluding hydrogens is 242 g/mol. The fraction of sp³-hybridized carbons (Fsp3) is 0.357. The van der Waals surface area contributed by atoms with Crippen LogP contribution in [0.15, 0.2) is 35.7 Å². The van der Waals surface area contributed by atoms with Gasteiger partial charge in [0.25, 0.3) is 0 Å². The highest BCUT2D eigenvalue weighted by atomic mass is 32.1. The summed E-state index contributed by atoms with van der Waals surface area (Å²) in [6.07, 6.45) is 2.39. The van der Waals surface area contributed by atoms with Gasteiger partial charge in [0, 0.05) is 17.6 Å². The van der Waals surface area contributed by atoms with Gasteiger partial charge in [0.2, 0.25) is 0 Å². The average molecular weight is 261 g/mol. The first-order valence-electron chi connectivity index (χ1n) is 6.29. The molecule has 0 aliphatic carbocycles. The van der Waals surface area contributed by atoms with Crippen molar-refractivity contribution >= 4 is 22.2 Å². The van der Waals surface area contributed by atoms with Gasteiger partial charge in [0.05, 0.1) is 12.2 Å². The van der Waals surface area contributed by atoms with Crippen LogP contribution < -0.4 is 10.6 Å². The summed E-state index contributed by atoms with van der Waals surface area (Å²) in [5, 5.41) is 2.69.